The number of aliphatic hydroxyl groups is 1. The summed E-state index contributed by atoms with van der Waals surface area (Å²) in [6.07, 6.45) is 2.73. The lowest BCUT2D eigenvalue weighted by Crippen LogP contribution is -2.50. The number of carbonyl (C=O) groups excluding carboxylic acids is 1. The van der Waals surface area contributed by atoms with Gasteiger partial charge in [0.2, 0.25) is 0 Å². The van der Waals surface area contributed by atoms with Crippen molar-refractivity contribution in [3.63, 3.8) is 0 Å². The van der Waals surface area contributed by atoms with Gasteiger partial charge in [-0.05, 0) is 43.4 Å². The number of rotatable bonds is 10. The number of carbonyl (C=O) groups is 1. The molecular formula is C24H33N3O5S. The highest BCUT2D eigenvalue weighted by Gasteiger charge is 2.38. The number of nitrogens with one attached hydrogen (secondary N) is 2. The Bertz CT molecular complexity index is 1020. The van der Waals surface area contributed by atoms with Crippen LogP contribution in [0.3, 0.4) is 0 Å². The van der Waals surface area contributed by atoms with Crippen LogP contribution in [0.4, 0.5) is 0 Å². The van der Waals surface area contributed by atoms with E-state index in [9.17, 15) is 13.2 Å². The largest absolute Gasteiger partial charge is 0.496 e. The molecule has 180 valence electrons. The first-order valence-electron chi connectivity index (χ1n) is 11.1. The first-order valence-corrected chi connectivity index (χ1v) is 12.6. The van der Waals surface area contributed by atoms with Crippen molar-refractivity contribution in [3.8, 4) is 5.75 Å². The Labute approximate surface area is 196 Å². The lowest BCUT2D eigenvalue weighted by molar-refractivity contribution is 0.0932. The van der Waals surface area contributed by atoms with Crippen LogP contribution in [0.2, 0.25) is 0 Å². The molecule has 1 aliphatic carbocycles. The van der Waals surface area contributed by atoms with Crippen LogP contribution in [0, 0.1) is 0 Å². The van der Waals surface area contributed by atoms with Gasteiger partial charge in [-0.15, -0.1) is 0 Å². The molecule has 1 fully saturated rings. The average Bonchev–Trinajstić information content (AvgIpc) is 2.84. The molecule has 9 heteroatoms. The molecule has 3 N–H and O–H groups in total. The van der Waals surface area contributed by atoms with Gasteiger partial charge in [-0.1, -0.05) is 42.5 Å². The van der Waals surface area contributed by atoms with Gasteiger partial charge in [0.25, 0.3) is 16.1 Å². The smallest absolute Gasteiger partial charge is 0.279 e. The van der Waals surface area contributed by atoms with Gasteiger partial charge in [0.1, 0.15) is 5.75 Å². The summed E-state index contributed by atoms with van der Waals surface area (Å²) in [5, 5.41) is 12.1. The van der Waals surface area contributed by atoms with Crippen molar-refractivity contribution in [1.29, 1.82) is 0 Å². The molecule has 2 aromatic carbocycles. The standard InChI is InChI=1S/C24H33N3O5S/c1-27(16-17-28)33(30,31)26-20-12-14-24(15-13-20,19-8-4-3-5-9-19)18-25-23(29)21-10-6-7-11-22(21)32-2/h3-11,20,26,28H,12-18H2,1-2H3,(H,25,29)/t20-,24-. The molecule has 0 radical (unpaired) electrons. The zero-order valence-electron chi connectivity index (χ0n) is 19.2. The fourth-order valence-corrected chi connectivity index (χ4v) is 5.54. The number of likely N-dealkylation sites (N-methyl/N-ethyl adjacent to an activating group) is 1. The van der Waals surface area contributed by atoms with Crippen LogP contribution in [0.5, 0.6) is 5.75 Å². The second-order valence-corrected chi connectivity index (χ2v) is 10.3. The summed E-state index contributed by atoms with van der Waals surface area (Å²) in [4.78, 5) is 12.9. The van der Waals surface area contributed by atoms with Gasteiger partial charge in [-0.25, -0.2) is 0 Å². The Kier molecular flexibility index (Phi) is 8.47. The first-order chi connectivity index (χ1) is 15.8. The minimum Gasteiger partial charge on any atom is -0.496 e. The predicted molar refractivity (Wildman–Crippen MR) is 127 cm³/mol. The van der Waals surface area contributed by atoms with Gasteiger partial charge in [0.05, 0.1) is 19.3 Å². The normalized spacial score (nSPS) is 21.0. The van der Waals surface area contributed by atoms with Gasteiger partial charge < -0.3 is 15.2 Å². The molecule has 1 amide bonds. The molecule has 0 unspecified atom stereocenters. The number of aliphatic hydroxyl groups excluding tert-OH is 1. The van der Waals surface area contributed by atoms with E-state index in [1.165, 1.54) is 14.2 Å². The Morgan fingerprint density at radius 1 is 1.12 bits per heavy atom. The molecular weight excluding hydrogens is 442 g/mol. The molecule has 0 aliphatic heterocycles. The minimum atomic E-state index is -3.65. The van der Waals surface area contributed by atoms with Crippen molar-refractivity contribution in [2.24, 2.45) is 0 Å². The van der Waals surface area contributed by atoms with Gasteiger partial charge in [0, 0.05) is 31.6 Å². The van der Waals surface area contributed by atoms with E-state index in [0.29, 0.717) is 30.7 Å². The van der Waals surface area contributed by atoms with E-state index in [1.807, 2.05) is 24.3 Å². The second kappa shape index (κ2) is 11.1. The molecule has 0 heterocycles. The Morgan fingerprint density at radius 3 is 2.39 bits per heavy atom. The van der Waals surface area contributed by atoms with E-state index in [2.05, 4.69) is 22.2 Å². The second-order valence-electron chi connectivity index (χ2n) is 8.47. The maximum Gasteiger partial charge on any atom is 0.279 e. The van der Waals surface area contributed by atoms with Crippen molar-refractivity contribution >= 4 is 16.1 Å². The molecule has 0 atom stereocenters. The molecule has 0 saturated heterocycles. The Morgan fingerprint density at radius 2 is 1.76 bits per heavy atom. The highest BCUT2D eigenvalue weighted by molar-refractivity contribution is 7.87. The van der Waals surface area contributed by atoms with E-state index in [1.54, 1.807) is 18.2 Å². The molecule has 8 nitrogen and oxygen atoms in total. The topological polar surface area (TPSA) is 108 Å². The third kappa shape index (κ3) is 6.11. The number of benzene rings is 2. The van der Waals surface area contributed by atoms with E-state index in [0.717, 1.165) is 22.7 Å². The molecule has 0 bridgehead atoms. The number of nitrogens with zero attached hydrogens (tertiary/aromatic N) is 1. The van der Waals surface area contributed by atoms with Crippen LogP contribution < -0.4 is 14.8 Å². The number of hydrogen-bond donors (Lipinski definition) is 3. The number of para-hydroxylation sites is 1. The zero-order chi connectivity index (χ0) is 23.9. The summed E-state index contributed by atoms with van der Waals surface area (Å²) in [6, 6.07) is 17.0. The Balaban J connectivity index is 1.73. The van der Waals surface area contributed by atoms with Crippen LogP contribution in [-0.2, 0) is 15.6 Å². The van der Waals surface area contributed by atoms with Crippen LogP contribution in [0.1, 0.15) is 41.6 Å². The summed E-state index contributed by atoms with van der Waals surface area (Å²) >= 11 is 0. The average molecular weight is 476 g/mol. The van der Waals surface area contributed by atoms with Crippen LogP contribution in [0.25, 0.3) is 0 Å². The van der Waals surface area contributed by atoms with Gasteiger partial charge in [-0.2, -0.15) is 17.4 Å². The highest BCUT2D eigenvalue weighted by atomic mass is 32.2. The summed E-state index contributed by atoms with van der Waals surface area (Å²) in [5.74, 6) is 0.324. The molecule has 0 spiro atoms. The number of ether oxygens (including phenoxy) is 1. The van der Waals surface area contributed by atoms with Crippen molar-refractivity contribution in [1.82, 2.24) is 14.3 Å². The zero-order valence-corrected chi connectivity index (χ0v) is 20.0. The molecule has 1 aliphatic rings. The lowest BCUT2D eigenvalue weighted by atomic mass is 9.68. The monoisotopic (exact) mass is 475 g/mol. The van der Waals surface area contributed by atoms with E-state index in [-0.39, 0.29) is 30.5 Å². The molecule has 33 heavy (non-hydrogen) atoms. The third-order valence-corrected chi connectivity index (χ3v) is 8.04. The van der Waals surface area contributed by atoms with E-state index < -0.39 is 10.2 Å². The van der Waals surface area contributed by atoms with Crippen molar-refractivity contribution in [3.05, 3.63) is 65.7 Å². The van der Waals surface area contributed by atoms with E-state index >= 15 is 0 Å². The van der Waals surface area contributed by atoms with Crippen molar-refractivity contribution in [2.45, 2.75) is 37.1 Å². The molecule has 2 aromatic rings. The highest BCUT2D eigenvalue weighted by Crippen LogP contribution is 2.39. The fourth-order valence-electron chi connectivity index (χ4n) is 4.39. The van der Waals surface area contributed by atoms with E-state index in [4.69, 9.17) is 9.84 Å². The third-order valence-electron chi connectivity index (χ3n) is 6.41. The van der Waals surface area contributed by atoms with Crippen LogP contribution in [-0.4, -0.2) is 63.6 Å². The van der Waals surface area contributed by atoms with Gasteiger partial charge in [0.15, 0.2) is 0 Å². The first kappa shape index (κ1) is 25.2. The van der Waals surface area contributed by atoms with Crippen molar-refractivity contribution in [2.75, 3.05) is 33.9 Å². The number of hydrogen-bond acceptors (Lipinski definition) is 5. The SMILES string of the molecule is COc1ccccc1C(=O)NC[C@]1(c2ccccc2)CC[C@H](NS(=O)(=O)N(C)CCO)CC1. The Hall–Kier alpha value is -2.46. The maximum absolute atomic E-state index is 12.9. The summed E-state index contributed by atoms with van der Waals surface area (Å²) in [6.45, 7) is 0.258. The van der Waals surface area contributed by atoms with Crippen LogP contribution in [0.15, 0.2) is 54.6 Å². The number of methoxy groups -OCH3 is 1. The van der Waals surface area contributed by atoms with Gasteiger partial charge in [-0.3, -0.25) is 4.79 Å². The molecule has 3 rings (SSSR count). The number of amides is 1. The lowest BCUT2D eigenvalue weighted by Gasteiger charge is -2.41. The minimum absolute atomic E-state index is 0.0466. The summed E-state index contributed by atoms with van der Waals surface area (Å²) < 4.78 is 34.2. The predicted octanol–water partition coefficient (Wildman–Crippen LogP) is 2.06. The fraction of sp³-hybridized carbons (Fsp3) is 0.458. The summed E-state index contributed by atoms with van der Waals surface area (Å²) in [7, 11) is -0.667. The maximum atomic E-state index is 12.9. The van der Waals surface area contributed by atoms with Crippen molar-refractivity contribution < 1.29 is 23.1 Å². The van der Waals surface area contributed by atoms with Crippen LogP contribution >= 0.6 is 0 Å². The molecule has 1 saturated carbocycles. The summed E-state index contributed by atoms with van der Waals surface area (Å²) in [5.41, 5.74) is 1.32. The quantitative estimate of drug-likeness (QED) is 0.488. The molecule has 0 aromatic heterocycles. The van der Waals surface area contributed by atoms with Gasteiger partial charge >= 0.3 is 0 Å².